The van der Waals surface area contributed by atoms with Crippen molar-refractivity contribution in [3.05, 3.63) is 69.7 Å². The molecule has 2 heterocycles. The molecule has 1 saturated heterocycles. The largest absolute Gasteiger partial charge is 0.392 e. The summed E-state index contributed by atoms with van der Waals surface area (Å²) >= 11 is 4.96. The molecular weight excluding hydrogens is 502 g/mol. The van der Waals surface area contributed by atoms with E-state index in [2.05, 4.69) is 33.0 Å². The molecular formula is C26H30BrNO4S. The van der Waals surface area contributed by atoms with Gasteiger partial charge >= 0.3 is 0 Å². The number of benzene rings is 2. The van der Waals surface area contributed by atoms with Crippen molar-refractivity contribution in [3.8, 4) is 0 Å². The van der Waals surface area contributed by atoms with Crippen LogP contribution < -0.4 is 0 Å². The molecule has 2 aliphatic heterocycles. The van der Waals surface area contributed by atoms with Crippen LogP contribution in [0.25, 0.3) is 0 Å². The van der Waals surface area contributed by atoms with E-state index in [9.17, 15) is 14.7 Å². The van der Waals surface area contributed by atoms with E-state index in [1.165, 1.54) is 17.3 Å². The molecule has 176 valence electrons. The summed E-state index contributed by atoms with van der Waals surface area (Å²) in [6.45, 7) is 2.68. The third kappa shape index (κ3) is 6.55. The van der Waals surface area contributed by atoms with Crippen molar-refractivity contribution in [1.29, 1.82) is 0 Å². The van der Waals surface area contributed by atoms with Crippen molar-refractivity contribution in [3.63, 3.8) is 0 Å². The zero-order chi connectivity index (χ0) is 23.3. The third-order valence-electron chi connectivity index (χ3n) is 6.54. The van der Waals surface area contributed by atoms with E-state index in [0.29, 0.717) is 24.5 Å². The molecule has 1 atom stereocenters. The Morgan fingerprint density at radius 1 is 1.12 bits per heavy atom. The van der Waals surface area contributed by atoms with Gasteiger partial charge in [-0.3, -0.25) is 9.59 Å². The normalized spacial score (nSPS) is 20.4. The number of hydrogen-bond donors (Lipinski definition) is 1. The zero-order valence-electron chi connectivity index (χ0n) is 18.7. The maximum atomic E-state index is 12.6. The highest BCUT2D eigenvalue weighted by molar-refractivity contribution is 9.10. The summed E-state index contributed by atoms with van der Waals surface area (Å²) < 4.78 is 7.34. The van der Waals surface area contributed by atoms with Crippen molar-refractivity contribution in [2.45, 2.75) is 44.0 Å². The van der Waals surface area contributed by atoms with E-state index in [0.717, 1.165) is 48.8 Å². The smallest absolute Gasteiger partial charge is 0.229 e. The molecule has 1 unspecified atom stereocenters. The number of hydrogen-bond acceptors (Lipinski definition) is 6. The number of likely N-dealkylation sites (tertiary alicyclic amines) is 1. The molecule has 0 amide bonds. The molecule has 0 saturated carbocycles. The van der Waals surface area contributed by atoms with Crippen LogP contribution in [0.2, 0.25) is 0 Å². The fourth-order valence-corrected chi connectivity index (χ4v) is 6.09. The lowest BCUT2D eigenvalue weighted by atomic mass is 9.92. The van der Waals surface area contributed by atoms with Crippen LogP contribution >= 0.6 is 27.7 Å². The number of β-amino-alcohol motifs (C(OH)–C–C–N with tert-alkyl or cyclic N) is 1. The van der Waals surface area contributed by atoms with E-state index in [1.807, 2.05) is 24.3 Å². The average molecular weight is 533 g/mol. The number of carbonyl (C=O) groups excluding carboxylic acids is 2. The van der Waals surface area contributed by atoms with Gasteiger partial charge in [-0.05, 0) is 55.0 Å². The first-order valence-electron chi connectivity index (χ1n) is 11.5. The first kappa shape index (κ1) is 24.6. The average Bonchev–Trinajstić information content (AvgIpc) is 2.83. The number of ether oxygens (including phenoxy) is 1. The molecule has 1 spiro atoms. The van der Waals surface area contributed by atoms with E-state index in [4.69, 9.17) is 4.74 Å². The first-order valence-corrected chi connectivity index (χ1v) is 13.4. The SMILES string of the molecule is O=C1CSCC2(CCN(CC(O)CCc3ccccc3)CC2)OCc2cc(Br)ccc2C1=O. The molecule has 4 rings (SSSR count). The summed E-state index contributed by atoms with van der Waals surface area (Å²) in [5.41, 5.74) is 2.13. The van der Waals surface area contributed by atoms with Gasteiger partial charge < -0.3 is 14.7 Å². The second-order valence-electron chi connectivity index (χ2n) is 9.00. The van der Waals surface area contributed by atoms with Gasteiger partial charge in [-0.25, -0.2) is 0 Å². The summed E-state index contributed by atoms with van der Waals surface area (Å²) in [6, 6.07) is 15.6. The Bertz CT molecular complexity index is 976. The third-order valence-corrected chi connectivity index (χ3v) is 8.23. The number of aliphatic hydroxyl groups is 1. The summed E-state index contributed by atoms with van der Waals surface area (Å²) in [7, 11) is 0. The summed E-state index contributed by atoms with van der Waals surface area (Å²) in [5, 5.41) is 10.6. The van der Waals surface area contributed by atoms with Gasteiger partial charge in [0.1, 0.15) is 0 Å². The summed E-state index contributed by atoms with van der Waals surface area (Å²) in [6.07, 6.45) is 2.96. The Morgan fingerprint density at radius 3 is 2.64 bits per heavy atom. The lowest BCUT2D eigenvalue weighted by Gasteiger charge is -2.42. The van der Waals surface area contributed by atoms with Gasteiger partial charge in [-0.1, -0.05) is 46.3 Å². The van der Waals surface area contributed by atoms with Crippen molar-refractivity contribution >= 4 is 39.3 Å². The number of aliphatic hydroxyl groups excluding tert-OH is 1. The molecule has 33 heavy (non-hydrogen) atoms. The molecule has 5 nitrogen and oxygen atoms in total. The van der Waals surface area contributed by atoms with Gasteiger partial charge in [-0.15, -0.1) is 0 Å². The predicted octanol–water partition coefficient (Wildman–Crippen LogP) is 4.29. The molecule has 2 aromatic rings. The Morgan fingerprint density at radius 2 is 1.88 bits per heavy atom. The fourth-order valence-electron chi connectivity index (χ4n) is 4.52. The molecule has 7 heteroatoms. The molecule has 2 aliphatic rings. The van der Waals surface area contributed by atoms with Gasteiger partial charge in [0, 0.05) is 35.4 Å². The number of ketones is 2. The van der Waals surface area contributed by atoms with Crippen LogP contribution in [0.5, 0.6) is 0 Å². The van der Waals surface area contributed by atoms with E-state index in [-0.39, 0.29) is 23.2 Å². The Kier molecular flexibility index (Phi) is 8.41. The number of halogens is 1. The minimum atomic E-state index is -0.427. The molecule has 0 aliphatic carbocycles. The van der Waals surface area contributed by atoms with E-state index < -0.39 is 5.78 Å². The van der Waals surface area contributed by atoms with Crippen molar-refractivity contribution < 1.29 is 19.4 Å². The van der Waals surface area contributed by atoms with Gasteiger partial charge in [-0.2, -0.15) is 11.8 Å². The van der Waals surface area contributed by atoms with Crippen LogP contribution in [0.4, 0.5) is 0 Å². The number of thioether (sulfide) groups is 1. The Balaban J connectivity index is 1.35. The zero-order valence-corrected chi connectivity index (χ0v) is 21.1. The number of rotatable bonds is 5. The number of aryl methyl sites for hydroxylation is 1. The van der Waals surface area contributed by atoms with Crippen LogP contribution in [0.1, 0.15) is 40.7 Å². The van der Waals surface area contributed by atoms with E-state index in [1.54, 1.807) is 12.1 Å². The van der Waals surface area contributed by atoms with Gasteiger partial charge in [0.2, 0.25) is 11.6 Å². The molecule has 2 aromatic carbocycles. The Labute approximate surface area is 208 Å². The highest BCUT2D eigenvalue weighted by atomic mass is 79.9. The van der Waals surface area contributed by atoms with Crippen molar-refractivity contribution in [2.24, 2.45) is 0 Å². The number of nitrogens with zero attached hydrogens (tertiary/aromatic N) is 1. The number of Topliss-reactive ketones (excluding diaryl/α,β-unsaturated/α-hetero) is 2. The quantitative estimate of drug-likeness (QED) is 0.580. The number of fused-ring (bicyclic) bond motifs is 1. The van der Waals surface area contributed by atoms with Crippen LogP contribution in [0.15, 0.2) is 53.0 Å². The summed E-state index contributed by atoms with van der Waals surface area (Å²) in [5.74, 6) is 0.102. The topological polar surface area (TPSA) is 66.8 Å². The van der Waals surface area contributed by atoms with Crippen molar-refractivity contribution in [1.82, 2.24) is 4.90 Å². The number of piperidine rings is 1. The lowest BCUT2D eigenvalue weighted by molar-refractivity contribution is -0.112. The monoisotopic (exact) mass is 531 g/mol. The standard InChI is InChI=1S/C26H30BrNO4S/c27-21-7-9-23-20(14-21)16-32-26(18-33-17-24(30)25(23)31)10-12-28(13-11-26)15-22(29)8-6-19-4-2-1-3-5-19/h1-5,7,9,14,22,29H,6,8,10-13,15-18H2. The highest BCUT2D eigenvalue weighted by Gasteiger charge is 2.37. The van der Waals surface area contributed by atoms with Crippen LogP contribution in [-0.2, 0) is 22.6 Å². The highest BCUT2D eigenvalue weighted by Crippen LogP contribution is 2.33. The molecule has 0 radical (unpaired) electrons. The van der Waals surface area contributed by atoms with Gasteiger partial charge in [0.05, 0.1) is 24.1 Å². The Hall–Kier alpha value is -1.51. The minimum absolute atomic E-state index is 0.182. The van der Waals surface area contributed by atoms with Crippen LogP contribution in [0.3, 0.4) is 0 Å². The maximum absolute atomic E-state index is 12.6. The fraction of sp³-hybridized carbons (Fsp3) is 0.462. The number of carbonyl (C=O) groups is 2. The maximum Gasteiger partial charge on any atom is 0.229 e. The van der Waals surface area contributed by atoms with Crippen molar-refractivity contribution in [2.75, 3.05) is 31.1 Å². The second kappa shape index (κ2) is 11.3. The van der Waals surface area contributed by atoms with Gasteiger partial charge in [0.15, 0.2) is 0 Å². The van der Waals surface area contributed by atoms with Crippen LogP contribution in [-0.4, -0.2) is 64.4 Å². The molecule has 1 fully saturated rings. The van der Waals surface area contributed by atoms with E-state index >= 15 is 0 Å². The minimum Gasteiger partial charge on any atom is -0.392 e. The van der Waals surface area contributed by atoms with Crippen LogP contribution in [0, 0.1) is 0 Å². The second-order valence-corrected chi connectivity index (χ2v) is 10.9. The molecule has 0 aromatic heterocycles. The first-order chi connectivity index (χ1) is 15.9. The lowest BCUT2D eigenvalue weighted by Crippen LogP contribution is -2.49. The molecule has 0 bridgehead atoms. The molecule has 1 N–H and O–H groups in total. The van der Waals surface area contributed by atoms with Gasteiger partial charge in [0.25, 0.3) is 0 Å². The predicted molar refractivity (Wildman–Crippen MR) is 135 cm³/mol. The summed E-state index contributed by atoms with van der Waals surface area (Å²) in [4.78, 5) is 27.3.